The fourth-order valence-corrected chi connectivity index (χ4v) is 3.47. The van der Waals surface area contributed by atoms with Gasteiger partial charge in [-0.3, -0.25) is 0 Å². The summed E-state index contributed by atoms with van der Waals surface area (Å²) in [5, 5.41) is 0. The van der Waals surface area contributed by atoms with Crippen LogP contribution in [0, 0.1) is 6.92 Å². The molecule has 0 saturated heterocycles. The Morgan fingerprint density at radius 2 is 1.88 bits per heavy atom. The number of hydrogen-bond acceptors (Lipinski definition) is 2. The van der Waals surface area contributed by atoms with Crippen molar-refractivity contribution in [1.29, 1.82) is 0 Å². The monoisotopic (exact) mass is 297 g/mol. The number of benzene rings is 1. The average Bonchev–Trinajstić information content (AvgIpc) is 2.29. The summed E-state index contributed by atoms with van der Waals surface area (Å²) < 4.78 is 6.37. The molecule has 1 aromatic rings. The number of halogens is 1. The minimum Gasteiger partial charge on any atom is -0.495 e. The molecule has 94 valence electrons. The molecule has 0 spiro atoms. The van der Waals surface area contributed by atoms with E-state index in [1.807, 2.05) is 0 Å². The Bertz CT molecular complexity index is 388. The number of aryl methyl sites for hydroxylation is 1. The van der Waals surface area contributed by atoms with Gasteiger partial charge in [0.2, 0.25) is 0 Å². The summed E-state index contributed by atoms with van der Waals surface area (Å²) in [5.74, 6) is 0.910. The van der Waals surface area contributed by atoms with Gasteiger partial charge >= 0.3 is 0 Å². The van der Waals surface area contributed by atoms with Crippen LogP contribution in [-0.4, -0.2) is 7.11 Å². The van der Waals surface area contributed by atoms with Crippen LogP contribution >= 0.6 is 15.9 Å². The van der Waals surface area contributed by atoms with Gasteiger partial charge in [-0.15, -0.1) is 0 Å². The Morgan fingerprint density at radius 3 is 2.41 bits per heavy atom. The highest BCUT2D eigenvalue weighted by molar-refractivity contribution is 9.10. The van der Waals surface area contributed by atoms with Gasteiger partial charge in [0.05, 0.1) is 11.6 Å². The third-order valence-electron chi connectivity index (χ3n) is 3.75. The van der Waals surface area contributed by atoms with Gasteiger partial charge in [0, 0.05) is 5.54 Å². The maximum Gasteiger partial charge on any atom is 0.135 e. The zero-order valence-electron chi connectivity index (χ0n) is 10.6. The molecule has 17 heavy (non-hydrogen) atoms. The number of ether oxygens (including phenoxy) is 1. The first-order valence-electron chi connectivity index (χ1n) is 6.20. The van der Waals surface area contributed by atoms with Crippen molar-refractivity contribution in [2.24, 2.45) is 5.73 Å². The smallest absolute Gasteiger partial charge is 0.135 e. The van der Waals surface area contributed by atoms with Gasteiger partial charge in [-0.05, 0) is 52.9 Å². The zero-order valence-corrected chi connectivity index (χ0v) is 12.1. The lowest BCUT2D eigenvalue weighted by atomic mass is 9.77. The van der Waals surface area contributed by atoms with Crippen LogP contribution in [0.25, 0.3) is 0 Å². The lowest BCUT2D eigenvalue weighted by molar-refractivity contribution is 0.301. The fourth-order valence-electron chi connectivity index (χ4n) is 2.75. The first-order chi connectivity index (χ1) is 8.07. The molecule has 0 heterocycles. The minimum atomic E-state index is -0.141. The highest BCUT2D eigenvalue weighted by Crippen LogP contribution is 2.39. The Balaban J connectivity index is 2.39. The maximum absolute atomic E-state index is 6.55. The van der Waals surface area contributed by atoms with E-state index in [1.54, 1.807) is 7.11 Å². The second-order valence-electron chi connectivity index (χ2n) is 5.03. The molecule has 0 atom stereocenters. The minimum absolute atomic E-state index is 0.141. The Hall–Kier alpha value is -0.540. The summed E-state index contributed by atoms with van der Waals surface area (Å²) in [6.07, 6.45) is 5.96. The van der Waals surface area contributed by atoms with E-state index in [1.165, 1.54) is 24.8 Å². The molecule has 1 aromatic carbocycles. The van der Waals surface area contributed by atoms with Gasteiger partial charge in [-0.25, -0.2) is 0 Å². The molecule has 1 aliphatic carbocycles. The van der Waals surface area contributed by atoms with Crippen molar-refractivity contribution in [3.05, 3.63) is 27.7 Å². The lowest BCUT2D eigenvalue weighted by Gasteiger charge is -2.34. The Kier molecular flexibility index (Phi) is 3.79. The van der Waals surface area contributed by atoms with Gasteiger partial charge in [0.25, 0.3) is 0 Å². The van der Waals surface area contributed by atoms with E-state index in [0.717, 1.165) is 28.6 Å². The topological polar surface area (TPSA) is 35.2 Å². The molecule has 2 N–H and O–H groups in total. The van der Waals surface area contributed by atoms with Gasteiger partial charge in [-0.2, -0.15) is 0 Å². The van der Waals surface area contributed by atoms with Crippen molar-refractivity contribution in [2.75, 3.05) is 7.11 Å². The molecule has 1 saturated carbocycles. The van der Waals surface area contributed by atoms with Crippen molar-refractivity contribution in [3.8, 4) is 5.75 Å². The van der Waals surface area contributed by atoms with E-state index in [-0.39, 0.29) is 5.54 Å². The summed E-state index contributed by atoms with van der Waals surface area (Å²) >= 11 is 3.57. The Labute approximate surface area is 112 Å². The van der Waals surface area contributed by atoms with E-state index in [4.69, 9.17) is 10.5 Å². The molecule has 3 heteroatoms. The summed E-state index contributed by atoms with van der Waals surface area (Å²) in [5.41, 5.74) is 8.79. The van der Waals surface area contributed by atoms with E-state index in [0.29, 0.717) is 0 Å². The largest absolute Gasteiger partial charge is 0.495 e. The van der Waals surface area contributed by atoms with Gasteiger partial charge in [0.1, 0.15) is 5.75 Å². The first kappa shape index (κ1) is 12.9. The van der Waals surface area contributed by atoms with E-state index in [9.17, 15) is 0 Å². The molecule has 0 radical (unpaired) electrons. The number of hydrogen-bond donors (Lipinski definition) is 1. The summed E-state index contributed by atoms with van der Waals surface area (Å²) in [6, 6.07) is 4.30. The molecule has 0 aliphatic heterocycles. The van der Waals surface area contributed by atoms with Crippen LogP contribution in [0.2, 0.25) is 0 Å². The van der Waals surface area contributed by atoms with E-state index in [2.05, 4.69) is 35.0 Å². The van der Waals surface area contributed by atoms with Crippen LogP contribution in [0.3, 0.4) is 0 Å². The molecule has 0 bridgehead atoms. The van der Waals surface area contributed by atoms with Crippen molar-refractivity contribution in [3.63, 3.8) is 0 Å². The summed E-state index contributed by atoms with van der Waals surface area (Å²) in [4.78, 5) is 0. The number of nitrogens with two attached hydrogens (primary N) is 1. The summed E-state index contributed by atoms with van der Waals surface area (Å²) in [6.45, 7) is 2.07. The maximum atomic E-state index is 6.55. The molecule has 1 fully saturated rings. The lowest BCUT2D eigenvalue weighted by Crippen LogP contribution is -2.38. The van der Waals surface area contributed by atoms with Crippen LogP contribution in [0.4, 0.5) is 0 Å². The molecular formula is C14H20BrNO. The molecule has 0 amide bonds. The Morgan fingerprint density at radius 1 is 1.24 bits per heavy atom. The van der Waals surface area contributed by atoms with E-state index < -0.39 is 0 Å². The second kappa shape index (κ2) is 4.99. The highest BCUT2D eigenvalue weighted by Gasteiger charge is 2.30. The van der Waals surface area contributed by atoms with Gasteiger partial charge < -0.3 is 10.5 Å². The molecule has 0 aromatic heterocycles. The van der Waals surface area contributed by atoms with Gasteiger partial charge in [-0.1, -0.05) is 25.3 Å². The standard InChI is InChI=1S/C14H20BrNO/c1-10-8-11(9-12(15)13(10)17-2)14(16)6-4-3-5-7-14/h8-9H,3-7,16H2,1-2H3. The predicted molar refractivity (Wildman–Crippen MR) is 74.4 cm³/mol. The number of methoxy groups -OCH3 is 1. The molecular weight excluding hydrogens is 278 g/mol. The van der Waals surface area contributed by atoms with Crippen LogP contribution < -0.4 is 10.5 Å². The third-order valence-corrected chi connectivity index (χ3v) is 4.34. The van der Waals surface area contributed by atoms with Crippen molar-refractivity contribution < 1.29 is 4.74 Å². The SMILES string of the molecule is COc1c(C)cc(C2(N)CCCCC2)cc1Br. The fraction of sp³-hybridized carbons (Fsp3) is 0.571. The molecule has 2 rings (SSSR count). The summed E-state index contributed by atoms with van der Waals surface area (Å²) in [7, 11) is 1.70. The quantitative estimate of drug-likeness (QED) is 0.899. The van der Waals surface area contributed by atoms with Crippen LogP contribution in [0.5, 0.6) is 5.75 Å². The van der Waals surface area contributed by atoms with Crippen molar-refractivity contribution in [1.82, 2.24) is 0 Å². The number of rotatable bonds is 2. The first-order valence-corrected chi connectivity index (χ1v) is 6.99. The predicted octanol–water partition coefficient (Wildman–Crippen LogP) is 3.88. The molecule has 2 nitrogen and oxygen atoms in total. The zero-order chi connectivity index (χ0) is 12.5. The normalized spacial score (nSPS) is 19.1. The average molecular weight is 298 g/mol. The van der Waals surface area contributed by atoms with Crippen LogP contribution in [0.15, 0.2) is 16.6 Å². The van der Waals surface area contributed by atoms with Crippen molar-refractivity contribution >= 4 is 15.9 Å². The molecule has 0 unspecified atom stereocenters. The third kappa shape index (κ3) is 2.50. The second-order valence-corrected chi connectivity index (χ2v) is 5.88. The highest BCUT2D eigenvalue weighted by atomic mass is 79.9. The van der Waals surface area contributed by atoms with Crippen LogP contribution in [0.1, 0.15) is 43.2 Å². The van der Waals surface area contributed by atoms with Gasteiger partial charge in [0.15, 0.2) is 0 Å². The van der Waals surface area contributed by atoms with Crippen LogP contribution in [-0.2, 0) is 5.54 Å². The van der Waals surface area contributed by atoms with E-state index >= 15 is 0 Å². The van der Waals surface area contributed by atoms with Crippen molar-refractivity contribution in [2.45, 2.75) is 44.6 Å². The molecule has 1 aliphatic rings.